The Labute approximate surface area is 270 Å². The number of hydrogen-bond acceptors (Lipinski definition) is 9. The molecule has 4 aliphatic rings. The van der Waals surface area contributed by atoms with Gasteiger partial charge in [-0.15, -0.1) is 0 Å². The van der Waals surface area contributed by atoms with E-state index in [0.29, 0.717) is 36.7 Å². The van der Waals surface area contributed by atoms with Crippen molar-refractivity contribution in [1.82, 2.24) is 5.32 Å². The van der Waals surface area contributed by atoms with Crippen LogP contribution in [0.4, 0.5) is 0 Å². The minimum atomic E-state index is -1.41. The summed E-state index contributed by atoms with van der Waals surface area (Å²) in [6, 6.07) is 7.58. The first-order valence-electron chi connectivity index (χ1n) is 16.4. The molecule has 4 aliphatic carbocycles. The fraction of sp³-hybridized carbons (Fsp3) is 0.611. The van der Waals surface area contributed by atoms with Gasteiger partial charge in [0, 0.05) is 25.2 Å². The molecule has 10 heteroatoms. The number of carbonyl (C=O) groups is 6. The first kappa shape index (κ1) is 33.5. The van der Waals surface area contributed by atoms with E-state index in [1.807, 2.05) is 6.08 Å². The van der Waals surface area contributed by atoms with Crippen LogP contribution in [0.1, 0.15) is 96.6 Å². The molecule has 0 saturated heterocycles. The second-order valence-corrected chi connectivity index (χ2v) is 13.9. The van der Waals surface area contributed by atoms with Gasteiger partial charge in [-0.25, -0.2) is 4.79 Å². The number of nitrogens with one attached hydrogen (secondary N) is 1. The van der Waals surface area contributed by atoms with Gasteiger partial charge in [0.15, 0.2) is 24.0 Å². The molecular formula is C36H45NO9. The van der Waals surface area contributed by atoms with Gasteiger partial charge in [-0.3, -0.25) is 24.0 Å². The number of ketones is 2. The molecule has 10 nitrogen and oxygen atoms in total. The Hall–Kier alpha value is -3.82. The third-order valence-electron chi connectivity index (χ3n) is 11.6. The predicted octanol–water partition coefficient (Wildman–Crippen LogP) is 4.74. The van der Waals surface area contributed by atoms with Crippen LogP contribution >= 0.6 is 0 Å². The van der Waals surface area contributed by atoms with Crippen LogP contribution in [0.2, 0.25) is 0 Å². The number of amides is 1. The molecule has 0 spiro atoms. The minimum Gasteiger partial charge on any atom is -0.467 e. The molecule has 1 aromatic carbocycles. The van der Waals surface area contributed by atoms with Crippen LogP contribution in [0.5, 0.6) is 0 Å². The Bertz CT molecular complexity index is 1440. The molecule has 0 unspecified atom stereocenters. The van der Waals surface area contributed by atoms with Gasteiger partial charge in [0.1, 0.15) is 0 Å². The van der Waals surface area contributed by atoms with Crippen molar-refractivity contribution in [2.45, 2.75) is 96.6 Å². The van der Waals surface area contributed by atoms with Crippen molar-refractivity contribution >= 4 is 35.4 Å². The Morgan fingerprint density at radius 3 is 2.35 bits per heavy atom. The minimum absolute atomic E-state index is 0.0331. The van der Waals surface area contributed by atoms with E-state index in [-0.39, 0.29) is 30.0 Å². The second-order valence-electron chi connectivity index (χ2n) is 13.9. The van der Waals surface area contributed by atoms with Crippen LogP contribution in [-0.4, -0.2) is 54.7 Å². The van der Waals surface area contributed by atoms with E-state index in [1.165, 1.54) is 19.6 Å². The van der Waals surface area contributed by atoms with Crippen LogP contribution in [0.25, 0.3) is 0 Å². The number of fused-ring (bicyclic) bond motifs is 5. The standard InChI is InChI=1S/C36H45NO9/c1-22(38)46-36(19-16-28-26-11-10-24-20-25(39)14-17-34(24,2)27(26)15-18-35(28,36)3)29(40)21-45-31(42)13-12-30(41)37-32(33(43)44-4)23-8-6-5-7-9-23/h5-9,20,26-28,32H,10-19,21H2,1-4H3,(H,37,41)/t26-,27+,28+,32+,34+,35+,36+/m1/s1. The quantitative estimate of drug-likeness (QED) is 0.285. The molecule has 3 fully saturated rings. The van der Waals surface area contributed by atoms with Gasteiger partial charge in [0.2, 0.25) is 11.7 Å². The van der Waals surface area contributed by atoms with Gasteiger partial charge in [0.05, 0.1) is 13.5 Å². The third kappa shape index (κ3) is 6.02. The van der Waals surface area contributed by atoms with Crippen molar-refractivity contribution in [3.05, 3.63) is 47.5 Å². The largest absolute Gasteiger partial charge is 0.467 e. The highest BCUT2D eigenvalue weighted by Gasteiger charge is 2.68. The normalized spacial score (nSPS) is 32.0. The summed E-state index contributed by atoms with van der Waals surface area (Å²) < 4.78 is 16.2. The molecule has 0 aromatic heterocycles. The van der Waals surface area contributed by atoms with E-state index in [4.69, 9.17) is 14.2 Å². The Kier molecular flexibility index (Phi) is 9.57. The van der Waals surface area contributed by atoms with E-state index in [0.717, 1.165) is 32.1 Å². The van der Waals surface area contributed by atoms with Crippen molar-refractivity contribution < 1.29 is 43.0 Å². The summed E-state index contributed by atoms with van der Waals surface area (Å²) in [7, 11) is 1.22. The van der Waals surface area contributed by atoms with Gasteiger partial charge in [-0.2, -0.15) is 0 Å². The Morgan fingerprint density at radius 2 is 1.65 bits per heavy atom. The average Bonchev–Trinajstić information content (AvgIpc) is 3.34. The molecule has 1 aromatic rings. The summed E-state index contributed by atoms with van der Waals surface area (Å²) in [5, 5.41) is 2.59. The van der Waals surface area contributed by atoms with E-state index in [1.54, 1.807) is 30.3 Å². The number of hydrogen-bond donors (Lipinski definition) is 1. The number of carbonyl (C=O) groups excluding carboxylic acids is 6. The highest BCUT2D eigenvalue weighted by atomic mass is 16.6. The highest BCUT2D eigenvalue weighted by molar-refractivity contribution is 5.94. The van der Waals surface area contributed by atoms with Crippen LogP contribution in [-0.2, 0) is 43.0 Å². The lowest BCUT2D eigenvalue weighted by molar-refractivity contribution is -0.191. The fourth-order valence-corrected chi connectivity index (χ4v) is 9.31. The van der Waals surface area contributed by atoms with Gasteiger partial charge in [0.25, 0.3) is 0 Å². The molecule has 7 atom stereocenters. The molecule has 46 heavy (non-hydrogen) atoms. The number of methoxy groups -OCH3 is 1. The SMILES string of the molecule is COC(=O)[C@@H](NC(=O)CCC(=O)OCC(=O)[C@@]1(OC(C)=O)CC[C@H]2[C@@H]3CCC4=CC(=O)CC[C@]4(C)[C@H]3CC[C@@]21C)c1ccccc1. The van der Waals surface area contributed by atoms with Gasteiger partial charge < -0.3 is 19.5 Å². The van der Waals surface area contributed by atoms with Crippen molar-refractivity contribution in [1.29, 1.82) is 0 Å². The van der Waals surface area contributed by atoms with Crippen LogP contribution in [0.3, 0.4) is 0 Å². The molecule has 0 bridgehead atoms. The van der Waals surface area contributed by atoms with Gasteiger partial charge in [-0.1, -0.05) is 49.8 Å². The predicted molar refractivity (Wildman–Crippen MR) is 166 cm³/mol. The summed E-state index contributed by atoms with van der Waals surface area (Å²) in [6.07, 6.45) is 7.15. The number of benzene rings is 1. The molecule has 5 rings (SSSR count). The van der Waals surface area contributed by atoms with E-state index in [9.17, 15) is 28.8 Å². The first-order chi connectivity index (χ1) is 21.8. The lowest BCUT2D eigenvalue weighted by Gasteiger charge is -2.59. The number of Topliss-reactive ketones (excluding diaryl/α,β-unsaturated/α-hetero) is 1. The number of allylic oxidation sites excluding steroid dienone is 1. The average molecular weight is 636 g/mol. The molecule has 0 aliphatic heterocycles. The first-order valence-corrected chi connectivity index (χ1v) is 16.4. The monoisotopic (exact) mass is 635 g/mol. The zero-order chi connectivity index (χ0) is 33.3. The van der Waals surface area contributed by atoms with E-state index in [2.05, 4.69) is 19.2 Å². The maximum absolute atomic E-state index is 14.0. The summed E-state index contributed by atoms with van der Waals surface area (Å²) in [5.41, 5.74) is -0.262. The van der Waals surface area contributed by atoms with Crippen molar-refractivity contribution in [3.8, 4) is 0 Å². The number of ether oxygens (including phenoxy) is 3. The van der Waals surface area contributed by atoms with Gasteiger partial charge in [-0.05, 0) is 79.8 Å². The van der Waals surface area contributed by atoms with Crippen molar-refractivity contribution in [3.63, 3.8) is 0 Å². The summed E-state index contributed by atoms with van der Waals surface area (Å²) in [5.74, 6) is -1.84. The molecular weight excluding hydrogens is 590 g/mol. The molecule has 0 heterocycles. The second kappa shape index (κ2) is 13.1. The zero-order valence-corrected chi connectivity index (χ0v) is 27.2. The van der Waals surface area contributed by atoms with Crippen LogP contribution in [0, 0.1) is 28.6 Å². The van der Waals surface area contributed by atoms with Crippen LogP contribution in [0.15, 0.2) is 42.0 Å². The van der Waals surface area contributed by atoms with Crippen LogP contribution < -0.4 is 5.32 Å². The van der Waals surface area contributed by atoms with Crippen molar-refractivity contribution in [2.75, 3.05) is 13.7 Å². The molecule has 0 radical (unpaired) electrons. The zero-order valence-electron chi connectivity index (χ0n) is 27.2. The van der Waals surface area contributed by atoms with E-state index < -0.39 is 53.3 Å². The molecule has 248 valence electrons. The third-order valence-corrected chi connectivity index (χ3v) is 11.6. The molecule has 1 N–H and O–H groups in total. The smallest absolute Gasteiger partial charge is 0.333 e. The van der Waals surface area contributed by atoms with Gasteiger partial charge >= 0.3 is 17.9 Å². The fourth-order valence-electron chi connectivity index (χ4n) is 9.31. The lowest BCUT2D eigenvalue weighted by Crippen LogP contribution is -2.59. The Balaban J connectivity index is 1.23. The number of esters is 3. The summed E-state index contributed by atoms with van der Waals surface area (Å²) in [4.78, 5) is 76.2. The topological polar surface area (TPSA) is 142 Å². The summed E-state index contributed by atoms with van der Waals surface area (Å²) in [6.45, 7) is 5.08. The maximum Gasteiger partial charge on any atom is 0.333 e. The molecule has 3 saturated carbocycles. The molecule has 1 amide bonds. The lowest BCUT2D eigenvalue weighted by atomic mass is 9.46. The number of rotatable bonds is 10. The Morgan fingerprint density at radius 1 is 0.935 bits per heavy atom. The summed E-state index contributed by atoms with van der Waals surface area (Å²) >= 11 is 0. The highest BCUT2D eigenvalue weighted by Crippen LogP contribution is 2.68. The van der Waals surface area contributed by atoms with Crippen molar-refractivity contribution in [2.24, 2.45) is 28.6 Å². The maximum atomic E-state index is 14.0. The van der Waals surface area contributed by atoms with E-state index >= 15 is 0 Å².